The van der Waals surface area contributed by atoms with Gasteiger partial charge >= 0.3 is 5.69 Å². The number of amides is 1. The lowest BCUT2D eigenvalue weighted by Crippen LogP contribution is -2.47. The fourth-order valence-electron chi connectivity index (χ4n) is 6.09. The molecule has 12 heteroatoms. The molecule has 0 bridgehead atoms. The minimum Gasteiger partial charge on any atom is -0.352 e. The second-order valence-electron chi connectivity index (χ2n) is 10.9. The number of pyridine rings is 1. The summed E-state index contributed by atoms with van der Waals surface area (Å²) in [6.07, 6.45) is 6.29. The average molecular weight is 579 g/mol. The lowest BCUT2D eigenvalue weighted by molar-refractivity contribution is -0.125. The Bertz CT molecular complexity index is 1800. The van der Waals surface area contributed by atoms with Crippen molar-refractivity contribution in [1.82, 2.24) is 29.2 Å². The Morgan fingerprint density at radius 2 is 1.66 bits per heavy atom. The molecule has 1 atom stereocenters. The van der Waals surface area contributed by atoms with Crippen LogP contribution in [-0.4, -0.2) is 47.4 Å². The fraction of sp³-hybridized carbons (Fsp3) is 0.448. The topological polar surface area (TPSA) is 121 Å². The Morgan fingerprint density at radius 1 is 0.951 bits per heavy atom. The molecule has 0 spiro atoms. The Labute approximate surface area is 238 Å². The molecule has 1 aliphatic heterocycles. The maximum absolute atomic E-state index is 14.2. The zero-order valence-electron chi connectivity index (χ0n) is 22.7. The van der Waals surface area contributed by atoms with Crippen LogP contribution in [0.25, 0.3) is 21.8 Å². The Balaban J connectivity index is 1.21. The second kappa shape index (κ2) is 11.2. The van der Waals surface area contributed by atoms with Gasteiger partial charge in [0.15, 0.2) is 0 Å². The lowest BCUT2D eigenvalue weighted by Gasteiger charge is -2.32. The molecule has 6 rings (SSSR count). The van der Waals surface area contributed by atoms with Gasteiger partial charge in [-0.1, -0.05) is 18.2 Å². The van der Waals surface area contributed by atoms with Gasteiger partial charge in [0.2, 0.25) is 5.91 Å². The van der Waals surface area contributed by atoms with Crippen LogP contribution in [0.4, 0.5) is 4.39 Å². The van der Waals surface area contributed by atoms with E-state index in [4.69, 9.17) is 0 Å². The number of nitrogens with one attached hydrogen (secondary N) is 1. The smallest absolute Gasteiger partial charge is 0.333 e. The number of carbonyl (C=O) groups is 1. The van der Waals surface area contributed by atoms with Gasteiger partial charge in [-0.05, 0) is 69.1 Å². The third kappa shape index (κ3) is 5.09. The summed E-state index contributed by atoms with van der Waals surface area (Å²) in [6, 6.07) is 6.82. The molecule has 41 heavy (non-hydrogen) atoms. The molecular weight excluding hydrogens is 547 g/mol. The van der Waals surface area contributed by atoms with Crippen molar-refractivity contribution in [3.8, 4) is 0 Å². The van der Waals surface area contributed by atoms with Crippen molar-refractivity contribution in [1.29, 1.82) is 0 Å². The highest BCUT2D eigenvalue weighted by molar-refractivity contribution is 7.99. The predicted octanol–water partition coefficient (Wildman–Crippen LogP) is 3.34. The number of nitrogens with zero attached hydrogens (tertiary/aromatic N) is 5. The number of halogens is 1. The predicted molar refractivity (Wildman–Crippen MR) is 156 cm³/mol. The molecule has 2 fully saturated rings. The number of hydrogen-bond acceptors (Lipinski definition) is 7. The van der Waals surface area contributed by atoms with Crippen LogP contribution in [-0.2, 0) is 4.79 Å². The van der Waals surface area contributed by atoms with Crippen LogP contribution in [0.3, 0.4) is 0 Å². The van der Waals surface area contributed by atoms with E-state index in [1.165, 1.54) is 15.3 Å². The van der Waals surface area contributed by atoms with Crippen molar-refractivity contribution < 1.29 is 9.18 Å². The average Bonchev–Trinajstić information content (AvgIpc) is 2.99. The lowest BCUT2D eigenvalue weighted by atomic mass is 9.90. The van der Waals surface area contributed by atoms with Crippen LogP contribution in [0.15, 0.2) is 57.1 Å². The summed E-state index contributed by atoms with van der Waals surface area (Å²) in [6.45, 7) is 1.64. The molecule has 1 unspecified atom stereocenters. The summed E-state index contributed by atoms with van der Waals surface area (Å²) in [4.78, 5) is 57.5. The summed E-state index contributed by atoms with van der Waals surface area (Å²) in [5.74, 6) is 0.873. The molecule has 1 saturated carbocycles. The maximum Gasteiger partial charge on any atom is 0.333 e. The van der Waals surface area contributed by atoms with Gasteiger partial charge in [-0.25, -0.2) is 18.9 Å². The van der Waals surface area contributed by atoms with Crippen LogP contribution >= 0.6 is 11.8 Å². The fourth-order valence-corrected chi connectivity index (χ4v) is 7.17. The standard InChI is InChI=1S/C29H31FN6O4S/c1-17(36-28(39)23-5-3-2-4-18(23)15-32-36)26(37)33-20-6-8-21(9-7-20)35-27(38)24-14-19(30)16-31-25(24)34(29(35)40)22-10-12-41-13-11-22/h2-5,14-17,20-22H,6-13H2,1H3,(H,33,37). The first kappa shape index (κ1) is 27.4. The summed E-state index contributed by atoms with van der Waals surface area (Å²) in [5, 5.41) is 8.55. The highest BCUT2D eigenvalue weighted by Gasteiger charge is 2.30. The molecule has 1 aliphatic carbocycles. The first-order valence-electron chi connectivity index (χ1n) is 14.0. The second-order valence-corrected chi connectivity index (χ2v) is 12.1. The summed E-state index contributed by atoms with van der Waals surface area (Å²) < 4.78 is 18.2. The van der Waals surface area contributed by atoms with Gasteiger partial charge in [-0.15, -0.1) is 0 Å². The first-order valence-corrected chi connectivity index (χ1v) is 15.2. The molecular formula is C29H31FN6O4S. The molecule has 1 amide bonds. The number of carbonyl (C=O) groups excluding carboxylic acids is 1. The molecule has 1 aromatic carbocycles. The van der Waals surface area contributed by atoms with Crippen LogP contribution in [0, 0.1) is 5.82 Å². The van der Waals surface area contributed by atoms with Gasteiger partial charge < -0.3 is 5.32 Å². The minimum atomic E-state index is -0.809. The third-order valence-electron chi connectivity index (χ3n) is 8.35. The zero-order valence-corrected chi connectivity index (χ0v) is 23.5. The van der Waals surface area contributed by atoms with Gasteiger partial charge in [0.1, 0.15) is 17.5 Å². The van der Waals surface area contributed by atoms with Gasteiger partial charge in [-0.2, -0.15) is 16.9 Å². The molecule has 3 aromatic heterocycles. The largest absolute Gasteiger partial charge is 0.352 e. The molecule has 0 radical (unpaired) electrons. The monoisotopic (exact) mass is 578 g/mol. The van der Waals surface area contributed by atoms with Crippen molar-refractivity contribution in [2.75, 3.05) is 11.5 Å². The van der Waals surface area contributed by atoms with E-state index < -0.39 is 23.1 Å². The number of fused-ring (bicyclic) bond motifs is 2. The molecule has 1 N–H and O–H groups in total. The molecule has 4 aromatic rings. The van der Waals surface area contributed by atoms with Crippen molar-refractivity contribution in [3.63, 3.8) is 0 Å². The van der Waals surface area contributed by atoms with Gasteiger partial charge in [0, 0.05) is 23.5 Å². The van der Waals surface area contributed by atoms with E-state index in [1.807, 2.05) is 17.8 Å². The first-order chi connectivity index (χ1) is 19.8. The summed E-state index contributed by atoms with van der Waals surface area (Å²) >= 11 is 1.83. The highest BCUT2D eigenvalue weighted by Crippen LogP contribution is 2.30. The number of rotatable bonds is 5. The SMILES string of the molecule is CC(C(=O)NC1CCC(n2c(=O)c3cc(F)cnc3n(C3CCSCC3)c2=O)CC1)n1ncc2ccccc2c1=O. The van der Waals surface area contributed by atoms with Crippen molar-refractivity contribution in [2.24, 2.45) is 0 Å². The van der Waals surface area contributed by atoms with Crippen LogP contribution in [0.2, 0.25) is 0 Å². The van der Waals surface area contributed by atoms with E-state index in [0.717, 1.165) is 30.5 Å². The Kier molecular flexibility index (Phi) is 7.50. The van der Waals surface area contributed by atoms with Crippen LogP contribution < -0.4 is 22.1 Å². The van der Waals surface area contributed by atoms with Gasteiger partial charge in [-0.3, -0.25) is 23.5 Å². The molecule has 10 nitrogen and oxygen atoms in total. The normalized spacial score (nSPS) is 20.7. The van der Waals surface area contributed by atoms with E-state index >= 15 is 0 Å². The van der Waals surface area contributed by atoms with E-state index in [9.17, 15) is 23.6 Å². The van der Waals surface area contributed by atoms with E-state index in [-0.39, 0.29) is 40.6 Å². The third-order valence-corrected chi connectivity index (χ3v) is 9.40. The van der Waals surface area contributed by atoms with Crippen molar-refractivity contribution in [2.45, 2.75) is 69.6 Å². The van der Waals surface area contributed by atoms with E-state index in [0.29, 0.717) is 36.5 Å². The minimum absolute atomic E-state index is 0.0969. The van der Waals surface area contributed by atoms with Crippen LogP contribution in [0.5, 0.6) is 0 Å². The van der Waals surface area contributed by atoms with Gasteiger partial charge in [0.25, 0.3) is 11.1 Å². The molecule has 2 aliphatic rings. The Morgan fingerprint density at radius 3 is 2.41 bits per heavy atom. The maximum atomic E-state index is 14.2. The summed E-state index contributed by atoms with van der Waals surface area (Å²) in [7, 11) is 0. The number of hydrogen-bond donors (Lipinski definition) is 1. The van der Waals surface area contributed by atoms with Crippen LogP contribution in [0.1, 0.15) is 63.6 Å². The summed E-state index contributed by atoms with van der Waals surface area (Å²) in [5.41, 5.74) is -1.02. The van der Waals surface area contributed by atoms with E-state index in [1.54, 1.807) is 35.9 Å². The highest BCUT2D eigenvalue weighted by atomic mass is 32.2. The number of benzene rings is 1. The zero-order chi connectivity index (χ0) is 28.7. The Hall–Kier alpha value is -3.80. The number of thioether (sulfide) groups is 1. The number of aromatic nitrogens is 5. The molecule has 214 valence electrons. The van der Waals surface area contributed by atoms with Crippen molar-refractivity contribution >= 4 is 39.5 Å². The van der Waals surface area contributed by atoms with E-state index in [2.05, 4.69) is 15.4 Å². The molecule has 1 saturated heterocycles. The van der Waals surface area contributed by atoms with Crippen molar-refractivity contribution in [3.05, 3.63) is 79.7 Å². The quantitative estimate of drug-likeness (QED) is 0.386. The molecule has 4 heterocycles. The van der Waals surface area contributed by atoms with Gasteiger partial charge in [0.05, 0.1) is 23.2 Å².